The Bertz CT molecular complexity index is 475. The second kappa shape index (κ2) is 4.37. The number of nitrogens with two attached hydrogens (primary N) is 1. The van der Waals surface area contributed by atoms with E-state index in [1.807, 2.05) is 12.3 Å². The van der Waals surface area contributed by atoms with Gasteiger partial charge in [-0.3, -0.25) is 0 Å². The summed E-state index contributed by atoms with van der Waals surface area (Å²) in [6.07, 6.45) is 10.8. The van der Waals surface area contributed by atoms with Gasteiger partial charge in [-0.05, 0) is 67.8 Å². The molecule has 1 aromatic rings. The number of pyridine rings is 1. The van der Waals surface area contributed by atoms with Crippen molar-refractivity contribution in [1.29, 1.82) is 0 Å². The van der Waals surface area contributed by atoms with Gasteiger partial charge in [0.1, 0.15) is 5.82 Å². The molecule has 1 aromatic heterocycles. The van der Waals surface area contributed by atoms with Crippen molar-refractivity contribution < 1.29 is 0 Å². The van der Waals surface area contributed by atoms with Crippen LogP contribution in [0.3, 0.4) is 0 Å². The zero-order valence-corrected chi connectivity index (χ0v) is 12.4. The minimum absolute atomic E-state index is 0.585. The summed E-state index contributed by atoms with van der Waals surface area (Å²) >= 11 is 0. The Balaban J connectivity index is 1.53. The molecule has 0 aromatic carbocycles. The van der Waals surface area contributed by atoms with E-state index in [4.69, 9.17) is 5.73 Å². The molecular formula is C17H25N3. The SMILES string of the molecule is CN(CC12CC3CC(CC(C3)C1)C2)c1ccnc(N)c1. The molecule has 4 bridgehead atoms. The molecule has 3 nitrogen and oxygen atoms in total. The average molecular weight is 271 g/mol. The molecule has 0 radical (unpaired) electrons. The summed E-state index contributed by atoms with van der Waals surface area (Å²) in [4.78, 5) is 6.51. The van der Waals surface area contributed by atoms with Crippen LogP contribution in [0.1, 0.15) is 38.5 Å². The highest BCUT2D eigenvalue weighted by Crippen LogP contribution is 2.60. The highest BCUT2D eigenvalue weighted by molar-refractivity contribution is 5.51. The third-order valence-corrected chi connectivity index (χ3v) is 5.94. The first kappa shape index (κ1) is 12.5. The molecule has 4 aliphatic rings. The van der Waals surface area contributed by atoms with Gasteiger partial charge < -0.3 is 10.6 Å². The van der Waals surface area contributed by atoms with E-state index in [0.717, 1.165) is 17.8 Å². The van der Waals surface area contributed by atoms with E-state index in [2.05, 4.69) is 23.0 Å². The van der Waals surface area contributed by atoms with Gasteiger partial charge in [0, 0.05) is 31.5 Å². The summed E-state index contributed by atoms with van der Waals surface area (Å²) in [6, 6.07) is 4.08. The molecule has 4 fully saturated rings. The van der Waals surface area contributed by atoms with Crippen LogP contribution in [0.25, 0.3) is 0 Å². The van der Waals surface area contributed by atoms with Gasteiger partial charge in [-0.25, -0.2) is 4.98 Å². The van der Waals surface area contributed by atoms with E-state index in [0.29, 0.717) is 11.2 Å². The summed E-state index contributed by atoms with van der Waals surface area (Å²) < 4.78 is 0. The van der Waals surface area contributed by atoms with Gasteiger partial charge in [-0.2, -0.15) is 0 Å². The van der Waals surface area contributed by atoms with Crippen molar-refractivity contribution in [2.24, 2.45) is 23.2 Å². The monoisotopic (exact) mass is 271 g/mol. The third kappa shape index (κ3) is 2.07. The lowest BCUT2D eigenvalue weighted by Gasteiger charge is -2.57. The molecule has 3 heteroatoms. The first-order valence-electron chi connectivity index (χ1n) is 8.05. The predicted molar refractivity (Wildman–Crippen MR) is 82.5 cm³/mol. The summed E-state index contributed by atoms with van der Waals surface area (Å²) in [6.45, 7) is 1.19. The molecule has 0 unspecified atom stereocenters. The van der Waals surface area contributed by atoms with Crippen LogP contribution in [0.4, 0.5) is 11.5 Å². The molecule has 5 rings (SSSR count). The maximum absolute atomic E-state index is 5.82. The zero-order valence-electron chi connectivity index (χ0n) is 12.4. The first-order valence-corrected chi connectivity index (χ1v) is 8.05. The van der Waals surface area contributed by atoms with Gasteiger partial charge >= 0.3 is 0 Å². The van der Waals surface area contributed by atoms with Crippen molar-refractivity contribution in [3.8, 4) is 0 Å². The van der Waals surface area contributed by atoms with E-state index >= 15 is 0 Å². The van der Waals surface area contributed by atoms with Crippen LogP contribution >= 0.6 is 0 Å². The minimum atomic E-state index is 0.585. The maximum atomic E-state index is 5.82. The molecule has 1 heterocycles. The number of nitrogens with zero attached hydrogens (tertiary/aromatic N) is 2. The Morgan fingerprint density at radius 3 is 2.35 bits per heavy atom. The van der Waals surface area contributed by atoms with Crippen molar-refractivity contribution >= 4 is 11.5 Å². The Morgan fingerprint density at radius 2 is 1.80 bits per heavy atom. The van der Waals surface area contributed by atoms with Crippen LogP contribution in [0.15, 0.2) is 18.3 Å². The molecule has 0 saturated heterocycles. The Labute approximate surface area is 121 Å². The highest BCUT2D eigenvalue weighted by Gasteiger charge is 2.51. The Morgan fingerprint density at radius 1 is 1.20 bits per heavy atom. The largest absolute Gasteiger partial charge is 0.384 e. The standard InChI is InChI=1S/C17H25N3/c1-20(15-2-3-19-16(18)7-15)11-17-8-12-4-13(9-17)6-14(5-12)10-17/h2-3,7,12-14H,4-6,8-11H2,1H3,(H2,18,19). The number of aromatic nitrogens is 1. The first-order chi connectivity index (χ1) is 9.62. The van der Waals surface area contributed by atoms with Crippen molar-refractivity contribution in [3.63, 3.8) is 0 Å². The Kier molecular flexibility index (Phi) is 2.73. The van der Waals surface area contributed by atoms with E-state index in [-0.39, 0.29) is 0 Å². The molecule has 108 valence electrons. The zero-order chi connectivity index (χ0) is 13.7. The van der Waals surface area contributed by atoms with E-state index in [1.165, 1.54) is 50.8 Å². The van der Waals surface area contributed by atoms with Crippen molar-refractivity contribution in [3.05, 3.63) is 18.3 Å². The van der Waals surface area contributed by atoms with E-state index in [1.54, 1.807) is 0 Å². The predicted octanol–water partition coefficient (Wildman–Crippen LogP) is 3.32. The number of rotatable bonds is 3. The second-order valence-electron chi connectivity index (χ2n) is 7.71. The molecule has 20 heavy (non-hydrogen) atoms. The van der Waals surface area contributed by atoms with Crippen LogP contribution in [0.2, 0.25) is 0 Å². The van der Waals surface area contributed by atoms with Gasteiger partial charge in [0.2, 0.25) is 0 Å². The molecular weight excluding hydrogens is 246 g/mol. The van der Waals surface area contributed by atoms with Gasteiger partial charge in [0.15, 0.2) is 0 Å². The van der Waals surface area contributed by atoms with Crippen LogP contribution < -0.4 is 10.6 Å². The lowest BCUT2D eigenvalue weighted by molar-refractivity contribution is -0.0472. The van der Waals surface area contributed by atoms with E-state index < -0.39 is 0 Å². The smallest absolute Gasteiger partial charge is 0.125 e. The minimum Gasteiger partial charge on any atom is -0.384 e. The topological polar surface area (TPSA) is 42.2 Å². The fraction of sp³-hybridized carbons (Fsp3) is 0.706. The van der Waals surface area contributed by atoms with Crippen molar-refractivity contribution in [2.75, 3.05) is 24.2 Å². The summed E-state index contributed by atoms with van der Waals surface area (Å²) in [7, 11) is 2.22. The molecule has 0 spiro atoms. The molecule has 4 aliphatic carbocycles. The number of nitrogen functional groups attached to an aromatic ring is 1. The highest BCUT2D eigenvalue weighted by atomic mass is 15.1. The normalized spacial score (nSPS) is 38.1. The van der Waals surface area contributed by atoms with Crippen LogP contribution in [0, 0.1) is 23.2 Å². The Hall–Kier alpha value is -1.25. The van der Waals surface area contributed by atoms with Crippen LogP contribution in [0.5, 0.6) is 0 Å². The van der Waals surface area contributed by atoms with Gasteiger partial charge in [0.05, 0.1) is 0 Å². The second-order valence-corrected chi connectivity index (χ2v) is 7.71. The van der Waals surface area contributed by atoms with Gasteiger partial charge in [-0.15, -0.1) is 0 Å². The fourth-order valence-electron chi connectivity index (χ4n) is 5.75. The van der Waals surface area contributed by atoms with Crippen LogP contribution in [-0.4, -0.2) is 18.6 Å². The lowest BCUT2D eigenvalue weighted by atomic mass is 9.49. The summed E-state index contributed by atoms with van der Waals surface area (Å²) in [5, 5.41) is 0. The average Bonchev–Trinajstić information content (AvgIpc) is 2.36. The molecule has 0 amide bonds. The molecule has 0 atom stereocenters. The van der Waals surface area contributed by atoms with Gasteiger partial charge in [0.25, 0.3) is 0 Å². The number of hydrogen-bond donors (Lipinski definition) is 1. The number of hydrogen-bond acceptors (Lipinski definition) is 3. The van der Waals surface area contributed by atoms with Crippen molar-refractivity contribution in [2.45, 2.75) is 38.5 Å². The van der Waals surface area contributed by atoms with Crippen molar-refractivity contribution in [1.82, 2.24) is 4.98 Å². The lowest BCUT2D eigenvalue weighted by Crippen LogP contribution is -2.50. The molecule has 2 N–H and O–H groups in total. The molecule has 0 aliphatic heterocycles. The summed E-state index contributed by atoms with van der Waals surface area (Å²) in [5.74, 6) is 3.70. The number of anilines is 2. The molecule has 4 saturated carbocycles. The van der Waals surface area contributed by atoms with E-state index in [9.17, 15) is 0 Å². The fourth-order valence-corrected chi connectivity index (χ4v) is 5.75. The van der Waals surface area contributed by atoms with Crippen LogP contribution in [-0.2, 0) is 0 Å². The quantitative estimate of drug-likeness (QED) is 0.917. The maximum Gasteiger partial charge on any atom is 0.125 e. The third-order valence-electron chi connectivity index (χ3n) is 5.94. The van der Waals surface area contributed by atoms with Gasteiger partial charge in [-0.1, -0.05) is 0 Å². The summed E-state index contributed by atoms with van der Waals surface area (Å²) in [5.41, 5.74) is 7.62.